The number of methoxy groups -OCH3 is 2. The number of nitrogens with one attached hydrogen (secondary N) is 1. The van der Waals surface area contributed by atoms with Crippen LogP contribution in [0, 0.1) is 0 Å². The molecule has 1 aromatic heterocycles. The number of urea groups is 1. The fourth-order valence-electron chi connectivity index (χ4n) is 3.45. The van der Waals surface area contributed by atoms with Crippen LogP contribution in [0.1, 0.15) is 25.1 Å². The van der Waals surface area contributed by atoms with E-state index < -0.39 is 0 Å². The Morgan fingerprint density at radius 3 is 2.48 bits per heavy atom. The van der Waals surface area contributed by atoms with Crippen LogP contribution in [-0.4, -0.2) is 54.6 Å². The fourth-order valence-corrected chi connectivity index (χ4v) is 3.45. The van der Waals surface area contributed by atoms with Gasteiger partial charge in [0.1, 0.15) is 11.5 Å². The summed E-state index contributed by atoms with van der Waals surface area (Å²) in [5, 5.41) is 7.73. The molecule has 0 aliphatic carbocycles. The molecule has 0 atom stereocenters. The Bertz CT molecular complexity index is 1040. The van der Waals surface area contributed by atoms with Gasteiger partial charge in [-0.15, -0.1) is 0 Å². The lowest BCUT2D eigenvalue weighted by Gasteiger charge is -2.23. The van der Waals surface area contributed by atoms with Crippen LogP contribution in [0.4, 0.5) is 4.79 Å². The largest absolute Gasteiger partial charge is 0.497 e. The van der Waals surface area contributed by atoms with E-state index in [2.05, 4.69) is 5.32 Å². The van der Waals surface area contributed by atoms with Crippen LogP contribution in [0.15, 0.2) is 54.6 Å². The summed E-state index contributed by atoms with van der Waals surface area (Å²) in [6, 6.07) is 17.1. The lowest BCUT2D eigenvalue weighted by Crippen LogP contribution is -2.41. The predicted octanol–water partition coefficient (Wildman–Crippen LogP) is 4.41. The Morgan fingerprint density at radius 1 is 1.06 bits per heavy atom. The summed E-state index contributed by atoms with van der Waals surface area (Å²) in [5.41, 5.74) is 2.59. The lowest BCUT2D eigenvalue weighted by molar-refractivity contribution is 0.146. The molecule has 176 valence electrons. The highest BCUT2D eigenvalue weighted by molar-refractivity contribution is 5.74. The number of carbonyl (C=O) groups is 1. The van der Waals surface area contributed by atoms with E-state index in [1.165, 1.54) is 0 Å². The van der Waals surface area contributed by atoms with E-state index in [9.17, 15) is 4.79 Å². The molecule has 1 heterocycles. The van der Waals surface area contributed by atoms with Crippen molar-refractivity contribution in [3.8, 4) is 23.1 Å². The van der Waals surface area contributed by atoms with Gasteiger partial charge in [-0.05, 0) is 37.6 Å². The number of hydrogen-bond donors (Lipinski definition) is 1. The molecule has 33 heavy (non-hydrogen) atoms. The quantitative estimate of drug-likeness (QED) is 0.466. The molecule has 0 saturated heterocycles. The Kier molecular flexibility index (Phi) is 8.71. The third kappa shape index (κ3) is 6.04. The topological polar surface area (TPSA) is 77.9 Å². The molecule has 3 aromatic rings. The summed E-state index contributed by atoms with van der Waals surface area (Å²) in [6.45, 7) is 5.69. The van der Waals surface area contributed by atoms with Gasteiger partial charge in [0.05, 0.1) is 37.2 Å². The molecule has 3 rings (SSSR count). The molecular weight excluding hydrogens is 420 g/mol. The zero-order valence-corrected chi connectivity index (χ0v) is 19.7. The van der Waals surface area contributed by atoms with Crippen molar-refractivity contribution in [3.63, 3.8) is 0 Å². The highest BCUT2D eigenvalue weighted by atomic mass is 16.5. The van der Waals surface area contributed by atoms with Crippen LogP contribution in [0.3, 0.4) is 0 Å². The number of benzene rings is 2. The van der Waals surface area contributed by atoms with E-state index in [1.54, 1.807) is 23.8 Å². The van der Waals surface area contributed by atoms with Gasteiger partial charge in [0.15, 0.2) is 0 Å². The van der Waals surface area contributed by atoms with Crippen molar-refractivity contribution in [2.45, 2.75) is 26.8 Å². The highest BCUT2D eigenvalue weighted by Gasteiger charge is 2.24. The van der Waals surface area contributed by atoms with E-state index in [0.717, 1.165) is 16.9 Å². The molecule has 0 aliphatic rings. The van der Waals surface area contributed by atoms with Crippen molar-refractivity contribution < 1.29 is 19.0 Å². The second kappa shape index (κ2) is 11.9. The number of aromatic nitrogens is 2. The van der Waals surface area contributed by atoms with Gasteiger partial charge in [0, 0.05) is 26.3 Å². The molecule has 0 unspecified atom stereocenters. The molecule has 0 spiro atoms. The molecule has 0 bridgehead atoms. The summed E-state index contributed by atoms with van der Waals surface area (Å²) < 4.78 is 18.8. The SMILES string of the molecule is CCNC(=O)N(CCOC)Cc1c(CC)nn(-c2ccccc2)c1Oc1cccc(OC)c1. The minimum absolute atomic E-state index is 0.156. The summed E-state index contributed by atoms with van der Waals surface area (Å²) >= 11 is 0. The van der Waals surface area contributed by atoms with Crippen molar-refractivity contribution >= 4 is 6.03 Å². The lowest BCUT2D eigenvalue weighted by atomic mass is 10.2. The minimum atomic E-state index is -0.156. The molecule has 8 nitrogen and oxygen atoms in total. The molecule has 8 heteroatoms. The van der Waals surface area contributed by atoms with Gasteiger partial charge < -0.3 is 24.4 Å². The first-order chi connectivity index (χ1) is 16.1. The Labute approximate surface area is 195 Å². The Balaban J connectivity index is 2.08. The van der Waals surface area contributed by atoms with Crippen LogP contribution in [-0.2, 0) is 17.7 Å². The first-order valence-electron chi connectivity index (χ1n) is 11.1. The fraction of sp³-hybridized carbons (Fsp3) is 0.360. The maximum absolute atomic E-state index is 12.8. The molecule has 0 fully saturated rings. The number of carbonyl (C=O) groups excluding carboxylic acids is 1. The second-order valence-electron chi connectivity index (χ2n) is 7.36. The van der Waals surface area contributed by atoms with Gasteiger partial charge in [-0.25, -0.2) is 9.48 Å². The van der Waals surface area contributed by atoms with E-state index >= 15 is 0 Å². The summed E-state index contributed by atoms with van der Waals surface area (Å²) in [7, 11) is 3.24. The monoisotopic (exact) mass is 452 g/mol. The number of para-hydroxylation sites is 1. The Hall–Kier alpha value is -3.52. The maximum atomic E-state index is 12.8. The van der Waals surface area contributed by atoms with Crippen LogP contribution in [0.5, 0.6) is 17.4 Å². The average Bonchev–Trinajstić information content (AvgIpc) is 3.19. The third-order valence-electron chi connectivity index (χ3n) is 5.14. The van der Waals surface area contributed by atoms with Crippen LogP contribution >= 0.6 is 0 Å². The van der Waals surface area contributed by atoms with Crippen LogP contribution in [0.2, 0.25) is 0 Å². The first-order valence-corrected chi connectivity index (χ1v) is 11.1. The number of rotatable bonds is 11. The zero-order valence-electron chi connectivity index (χ0n) is 19.7. The van der Waals surface area contributed by atoms with Crippen molar-refractivity contribution in [3.05, 3.63) is 65.9 Å². The molecular formula is C25H32N4O4. The van der Waals surface area contributed by atoms with Gasteiger partial charge in [-0.1, -0.05) is 31.2 Å². The van der Waals surface area contributed by atoms with E-state index in [0.29, 0.717) is 50.0 Å². The van der Waals surface area contributed by atoms with Gasteiger partial charge in [-0.3, -0.25) is 0 Å². The molecule has 0 aliphatic heterocycles. The standard InChI is InChI=1S/C25H32N4O4/c1-5-23-22(18-28(15-16-31-3)25(30)26-6-2)24(29(27-23)19-11-8-7-9-12-19)33-21-14-10-13-20(17-21)32-4/h7-14,17H,5-6,15-16,18H2,1-4H3,(H,26,30). The number of ether oxygens (including phenoxy) is 3. The number of nitrogens with zero attached hydrogens (tertiary/aromatic N) is 3. The third-order valence-corrected chi connectivity index (χ3v) is 5.14. The van der Waals surface area contributed by atoms with Crippen LogP contribution < -0.4 is 14.8 Å². The molecule has 2 aromatic carbocycles. The molecule has 0 saturated carbocycles. The minimum Gasteiger partial charge on any atom is -0.497 e. The predicted molar refractivity (Wildman–Crippen MR) is 127 cm³/mol. The van der Waals surface area contributed by atoms with Gasteiger partial charge in [0.25, 0.3) is 0 Å². The maximum Gasteiger partial charge on any atom is 0.317 e. The number of hydrogen-bond acceptors (Lipinski definition) is 5. The number of amides is 2. The smallest absolute Gasteiger partial charge is 0.317 e. The number of aryl methyl sites for hydroxylation is 1. The van der Waals surface area contributed by atoms with Crippen molar-refractivity contribution in [1.82, 2.24) is 20.0 Å². The van der Waals surface area contributed by atoms with Gasteiger partial charge in [-0.2, -0.15) is 5.10 Å². The summed E-state index contributed by atoms with van der Waals surface area (Å²) in [5.74, 6) is 1.88. The van der Waals surface area contributed by atoms with Crippen molar-refractivity contribution in [2.75, 3.05) is 33.9 Å². The zero-order chi connectivity index (χ0) is 23.6. The normalized spacial score (nSPS) is 10.7. The van der Waals surface area contributed by atoms with E-state index in [4.69, 9.17) is 19.3 Å². The average molecular weight is 453 g/mol. The highest BCUT2D eigenvalue weighted by Crippen LogP contribution is 2.33. The van der Waals surface area contributed by atoms with E-state index in [-0.39, 0.29) is 6.03 Å². The molecule has 2 amide bonds. The Morgan fingerprint density at radius 2 is 1.82 bits per heavy atom. The van der Waals surface area contributed by atoms with E-state index in [1.807, 2.05) is 68.4 Å². The van der Waals surface area contributed by atoms with Crippen LogP contribution in [0.25, 0.3) is 5.69 Å². The van der Waals surface area contributed by atoms with Gasteiger partial charge in [0.2, 0.25) is 5.88 Å². The molecule has 0 radical (unpaired) electrons. The summed E-state index contributed by atoms with van der Waals surface area (Å²) in [6.07, 6.45) is 0.692. The second-order valence-corrected chi connectivity index (χ2v) is 7.36. The van der Waals surface area contributed by atoms with Gasteiger partial charge >= 0.3 is 6.03 Å². The summed E-state index contributed by atoms with van der Waals surface area (Å²) in [4.78, 5) is 14.5. The van der Waals surface area contributed by atoms with Crippen molar-refractivity contribution in [1.29, 1.82) is 0 Å². The molecule has 1 N–H and O–H groups in total. The first kappa shape index (κ1) is 24.1. The van der Waals surface area contributed by atoms with Crippen molar-refractivity contribution in [2.24, 2.45) is 0 Å².